The van der Waals surface area contributed by atoms with Gasteiger partial charge in [0, 0.05) is 56.4 Å². The Kier molecular flexibility index (Phi) is 7.29. The van der Waals surface area contributed by atoms with Crippen molar-refractivity contribution in [3.05, 3.63) is 39.3 Å². The smallest absolute Gasteiger partial charge is 0.191 e. The van der Waals surface area contributed by atoms with Crippen molar-refractivity contribution in [3.8, 4) is 0 Å². The van der Waals surface area contributed by atoms with E-state index in [9.17, 15) is 0 Å². The highest BCUT2D eigenvalue weighted by molar-refractivity contribution is 7.10. The van der Waals surface area contributed by atoms with Crippen LogP contribution in [-0.2, 0) is 19.5 Å². The molecule has 0 saturated heterocycles. The molecule has 0 fully saturated rings. The lowest BCUT2D eigenvalue weighted by atomic mass is 10.1. The molecule has 27 heavy (non-hydrogen) atoms. The second-order valence-electron chi connectivity index (χ2n) is 7.09. The molecule has 0 bridgehead atoms. The van der Waals surface area contributed by atoms with Crippen molar-refractivity contribution < 1.29 is 0 Å². The zero-order valence-corrected chi connectivity index (χ0v) is 17.6. The SMILES string of the molecule is CCNC(=NCCCn1nc(C)cc1C)NCCN1CCc2sccc2C1. The van der Waals surface area contributed by atoms with Crippen LogP contribution in [0.25, 0.3) is 0 Å². The van der Waals surface area contributed by atoms with E-state index >= 15 is 0 Å². The molecule has 0 amide bonds. The Bertz CT molecular complexity index is 747. The van der Waals surface area contributed by atoms with Crippen LogP contribution in [0.2, 0.25) is 0 Å². The van der Waals surface area contributed by atoms with E-state index in [1.54, 1.807) is 4.88 Å². The van der Waals surface area contributed by atoms with Crippen LogP contribution < -0.4 is 10.6 Å². The zero-order chi connectivity index (χ0) is 19.1. The first-order valence-corrected chi connectivity index (χ1v) is 10.8. The van der Waals surface area contributed by atoms with Crippen molar-refractivity contribution >= 4 is 17.3 Å². The summed E-state index contributed by atoms with van der Waals surface area (Å²) in [5.41, 5.74) is 3.81. The van der Waals surface area contributed by atoms with E-state index in [-0.39, 0.29) is 0 Å². The highest BCUT2D eigenvalue weighted by Crippen LogP contribution is 2.23. The van der Waals surface area contributed by atoms with Gasteiger partial charge in [0.05, 0.1) is 5.69 Å². The maximum Gasteiger partial charge on any atom is 0.191 e. The predicted octanol–water partition coefficient (Wildman–Crippen LogP) is 2.56. The molecule has 3 rings (SSSR count). The van der Waals surface area contributed by atoms with Crippen LogP contribution in [0, 0.1) is 13.8 Å². The maximum atomic E-state index is 4.71. The van der Waals surface area contributed by atoms with Gasteiger partial charge >= 0.3 is 0 Å². The molecule has 3 heterocycles. The quantitative estimate of drug-likeness (QED) is 0.415. The Hall–Kier alpha value is -1.86. The fourth-order valence-corrected chi connectivity index (χ4v) is 4.37. The third-order valence-electron chi connectivity index (χ3n) is 4.85. The minimum atomic E-state index is 0.801. The van der Waals surface area contributed by atoms with Crippen molar-refractivity contribution in [2.24, 2.45) is 4.99 Å². The van der Waals surface area contributed by atoms with E-state index in [0.29, 0.717) is 0 Å². The summed E-state index contributed by atoms with van der Waals surface area (Å²) in [6.07, 6.45) is 2.18. The molecule has 1 aliphatic rings. The Labute approximate surface area is 166 Å². The van der Waals surface area contributed by atoms with Gasteiger partial charge in [-0.1, -0.05) is 0 Å². The standard InChI is InChI=1S/C20H32N6S/c1-4-21-20(22-8-5-10-26-17(3)14-16(2)24-26)23-9-12-25-11-6-19-18(15-25)7-13-27-19/h7,13-14H,4-6,8-12,15H2,1-3H3,(H2,21,22,23). The fourth-order valence-electron chi connectivity index (χ4n) is 3.48. The van der Waals surface area contributed by atoms with E-state index in [4.69, 9.17) is 4.99 Å². The molecule has 0 spiro atoms. The summed E-state index contributed by atoms with van der Waals surface area (Å²) >= 11 is 1.90. The Morgan fingerprint density at radius 1 is 1.30 bits per heavy atom. The lowest BCUT2D eigenvalue weighted by molar-refractivity contribution is 0.260. The van der Waals surface area contributed by atoms with Crippen molar-refractivity contribution in [2.75, 3.05) is 32.7 Å². The second-order valence-corrected chi connectivity index (χ2v) is 8.09. The van der Waals surface area contributed by atoms with Gasteiger partial charge in [-0.3, -0.25) is 14.6 Å². The number of nitrogens with zero attached hydrogens (tertiary/aromatic N) is 4. The molecule has 2 aromatic rings. The Morgan fingerprint density at radius 2 is 2.19 bits per heavy atom. The molecule has 0 radical (unpaired) electrons. The molecular formula is C20H32N6S. The fraction of sp³-hybridized carbons (Fsp3) is 0.600. The lowest BCUT2D eigenvalue weighted by Crippen LogP contribution is -2.42. The van der Waals surface area contributed by atoms with Gasteiger partial charge in [0.2, 0.25) is 0 Å². The molecule has 0 aliphatic carbocycles. The minimum Gasteiger partial charge on any atom is -0.357 e. The van der Waals surface area contributed by atoms with Crippen molar-refractivity contribution in [1.29, 1.82) is 0 Å². The monoisotopic (exact) mass is 388 g/mol. The van der Waals surface area contributed by atoms with Crippen molar-refractivity contribution in [1.82, 2.24) is 25.3 Å². The summed E-state index contributed by atoms with van der Waals surface area (Å²) in [6.45, 7) is 13.1. The van der Waals surface area contributed by atoms with E-state index in [0.717, 1.165) is 63.9 Å². The molecule has 0 saturated carbocycles. The number of thiophene rings is 1. The van der Waals surface area contributed by atoms with Crippen LogP contribution >= 0.6 is 11.3 Å². The average molecular weight is 389 g/mol. The summed E-state index contributed by atoms with van der Waals surface area (Å²) in [6, 6.07) is 4.39. The molecule has 2 aromatic heterocycles. The summed E-state index contributed by atoms with van der Waals surface area (Å²) in [5, 5.41) is 13.5. The Morgan fingerprint density at radius 3 is 2.96 bits per heavy atom. The summed E-state index contributed by atoms with van der Waals surface area (Å²) in [4.78, 5) is 8.80. The van der Waals surface area contributed by atoms with E-state index < -0.39 is 0 Å². The van der Waals surface area contributed by atoms with Crippen LogP contribution in [0.3, 0.4) is 0 Å². The van der Waals surface area contributed by atoms with Crippen molar-refractivity contribution in [2.45, 2.75) is 46.7 Å². The molecule has 6 nitrogen and oxygen atoms in total. The number of aliphatic imine (C=N–C) groups is 1. The lowest BCUT2D eigenvalue weighted by Gasteiger charge is -2.27. The number of hydrogen-bond donors (Lipinski definition) is 2. The third-order valence-corrected chi connectivity index (χ3v) is 5.88. The number of aryl methyl sites for hydroxylation is 3. The topological polar surface area (TPSA) is 57.5 Å². The second kappa shape index (κ2) is 9.90. The van der Waals surface area contributed by atoms with Crippen LogP contribution in [0.4, 0.5) is 0 Å². The molecule has 0 aromatic carbocycles. The average Bonchev–Trinajstić information content (AvgIpc) is 3.24. The van der Waals surface area contributed by atoms with Crippen LogP contribution in [-0.4, -0.2) is 53.4 Å². The van der Waals surface area contributed by atoms with Gasteiger partial charge in [0.25, 0.3) is 0 Å². The van der Waals surface area contributed by atoms with Gasteiger partial charge in [-0.15, -0.1) is 11.3 Å². The summed E-state index contributed by atoms with van der Waals surface area (Å²) < 4.78 is 2.07. The minimum absolute atomic E-state index is 0.801. The van der Waals surface area contributed by atoms with Crippen LogP contribution in [0.1, 0.15) is 35.2 Å². The molecular weight excluding hydrogens is 356 g/mol. The number of guanidine groups is 1. The van der Waals surface area contributed by atoms with Gasteiger partial charge in [-0.25, -0.2) is 0 Å². The van der Waals surface area contributed by atoms with Crippen LogP contribution in [0.15, 0.2) is 22.5 Å². The van der Waals surface area contributed by atoms with E-state index in [2.05, 4.69) is 56.7 Å². The first kappa shape index (κ1) is 19.9. The first-order chi connectivity index (χ1) is 13.2. The Balaban J connectivity index is 1.39. The molecule has 7 heteroatoms. The predicted molar refractivity (Wildman–Crippen MR) is 114 cm³/mol. The number of rotatable bonds is 8. The van der Waals surface area contributed by atoms with E-state index in [1.165, 1.54) is 17.7 Å². The molecule has 148 valence electrons. The molecule has 0 atom stereocenters. The zero-order valence-electron chi connectivity index (χ0n) is 16.8. The summed E-state index contributed by atoms with van der Waals surface area (Å²) in [7, 11) is 0. The van der Waals surface area contributed by atoms with Gasteiger partial charge in [-0.2, -0.15) is 5.10 Å². The van der Waals surface area contributed by atoms with Gasteiger partial charge in [0.1, 0.15) is 0 Å². The first-order valence-electron chi connectivity index (χ1n) is 9.96. The van der Waals surface area contributed by atoms with E-state index in [1.807, 2.05) is 18.3 Å². The summed E-state index contributed by atoms with van der Waals surface area (Å²) in [5.74, 6) is 0.916. The highest BCUT2D eigenvalue weighted by atomic mass is 32.1. The number of fused-ring (bicyclic) bond motifs is 1. The number of hydrogen-bond acceptors (Lipinski definition) is 4. The molecule has 1 aliphatic heterocycles. The van der Waals surface area contributed by atoms with Crippen LogP contribution in [0.5, 0.6) is 0 Å². The third kappa shape index (κ3) is 5.81. The van der Waals surface area contributed by atoms with Gasteiger partial charge in [-0.05, 0) is 56.7 Å². The maximum absolute atomic E-state index is 4.71. The largest absolute Gasteiger partial charge is 0.357 e. The van der Waals surface area contributed by atoms with Gasteiger partial charge in [0.15, 0.2) is 5.96 Å². The molecule has 2 N–H and O–H groups in total. The van der Waals surface area contributed by atoms with Gasteiger partial charge < -0.3 is 10.6 Å². The number of aromatic nitrogens is 2. The highest BCUT2D eigenvalue weighted by Gasteiger charge is 2.16. The number of nitrogens with one attached hydrogen (secondary N) is 2. The normalized spacial score (nSPS) is 15.0. The van der Waals surface area contributed by atoms with Crippen molar-refractivity contribution in [3.63, 3.8) is 0 Å². The molecule has 0 unspecified atom stereocenters.